The Morgan fingerprint density at radius 1 is 0.970 bits per heavy atom. The van der Waals surface area contributed by atoms with Crippen LogP contribution in [0.3, 0.4) is 0 Å². The zero-order chi connectivity index (χ0) is 22.4. The normalized spacial score (nSPS) is 15.1. The number of rotatable bonds is 5. The minimum absolute atomic E-state index is 0.173. The molecule has 0 saturated carbocycles. The monoisotopic (exact) mass is 447 g/mol. The Morgan fingerprint density at radius 3 is 2.61 bits per heavy atom. The molecular formula is C22H22FN9O. The van der Waals surface area contributed by atoms with Crippen molar-refractivity contribution in [1.82, 2.24) is 34.3 Å². The van der Waals surface area contributed by atoms with Crippen molar-refractivity contribution in [2.45, 2.75) is 6.54 Å². The minimum Gasteiger partial charge on any atom is -0.461 e. The number of hydrogen-bond donors (Lipinski definition) is 1. The van der Waals surface area contributed by atoms with Crippen molar-refractivity contribution in [3.05, 3.63) is 54.7 Å². The number of nitrogens with two attached hydrogens (primary N) is 1. The summed E-state index contributed by atoms with van der Waals surface area (Å²) in [6, 6.07) is 10.5. The van der Waals surface area contributed by atoms with Gasteiger partial charge in [-0.3, -0.25) is 4.90 Å². The highest BCUT2D eigenvalue weighted by molar-refractivity contribution is 5.90. The lowest BCUT2D eigenvalue weighted by Crippen LogP contribution is -2.47. The van der Waals surface area contributed by atoms with Gasteiger partial charge in [-0.25, -0.2) is 14.1 Å². The number of piperazine rings is 1. The largest absolute Gasteiger partial charge is 0.461 e. The van der Waals surface area contributed by atoms with Crippen LogP contribution in [0.25, 0.3) is 28.3 Å². The maximum absolute atomic E-state index is 14.1. The van der Waals surface area contributed by atoms with E-state index >= 15 is 0 Å². The Labute approximate surface area is 188 Å². The van der Waals surface area contributed by atoms with Crippen LogP contribution in [0.4, 0.5) is 16.0 Å². The Kier molecular flexibility index (Phi) is 4.68. The molecule has 4 aromatic heterocycles. The first kappa shape index (κ1) is 19.7. The lowest BCUT2D eigenvalue weighted by molar-refractivity contribution is 0.245. The van der Waals surface area contributed by atoms with Crippen molar-refractivity contribution in [3.63, 3.8) is 0 Å². The third kappa shape index (κ3) is 3.46. The fourth-order valence-electron chi connectivity index (χ4n) is 4.29. The molecule has 6 rings (SSSR count). The summed E-state index contributed by atoms with van der Waals surface area (Å²) in [5.41, 5.74) is 8.10. The molecule has 2 N–H and O–H groups in total. The van der Waals surface area contributed by atoms with E-state index in [0.717, 1.165) is 38.1 Å². The van der Waals surface area contributed by atoms with Crippen LogP contribution in [-0.2, 0) is 6.54 Å². The summed E-state index contributed by atoms with van der Waals surface area (Å²) in [5, 5.41) is 9.72. The van der Waals surface area contributed by atoms with Crippen molar-refractivity contribution < 1.29 is 8.81 Å². The van der Waals surface area contributed by atoms with Gasteiger partial charge in [0, 0.05) is 32.7 Å². The first-order valence-electron chi connectivity index (χ1n) is 10.8. The van der Waals surface area contributed by atoms with Crippen molar-refractivity contribution in [1.29, 1.82) is 0 Å². The maximum atomic E-state index is 14.1. The van der Waals surface area contributed by atoms with Gasteiger partial charge in [0.1, 0.15) is 5.82 Å². The van der Waals surface area contributed by atoms with E-state index in [1.165, 1.54) is 10.6 Å². The number of furan rings is 1. The van der Waals surface area contributed by atoms with Crippen molar-refractivity contribution in [2.24, 2.45) is 0 Å². The molecular weight excluding hydrogens is 425 g/mol. The summed E-state index contributed by atoms with van der Waals surface area (Å²) >= 11 is 0. The summed E-state index contributed by atoms with van der Waals surface area (Å²) in [6.45, 7) is 4.72. The molecule has 1 saturated heterocycles. The van der Waals surface area contributed by atoms with E-state index < -0.39 is 0 Å². The van der Waals surface area contributed by atoms with Gasteiger partial charge in [-0.05, 0) is 24.3 Å². The molecule has 0 bridgehead atoms. The molecule has 0 spiro atoms. The third-order valence-electron chi connectivity index (χ3n) is 6.03. The Hall–Kier alpha value is -3.99. The Balaban J connectivity index is 1.18. The Bertz CT molecular complexity index is 1420. The van der Waals surface area contributed by atoms with Gasteiger partial charge in [-0.1, -0.05) is 12.1 Å². The molecule has 0 amide bonds. The average molecular weight is 447 g/mol. The summed E-state index contributed by atoms with van der Waals surface area (Å²) in [7, 11) is 0. The van der Waals surface area contributed by atoms with Crippen molar-refractivity contribution in [2.75, 3.05) is 43.4 Å². The van der Waals surface area contributed by atoms with Gasteiger partial charge in [-0.15, -0.1) is 5.10 Å². The van der Waals surface area contributed by atoms with Gasteiger partial charge in [0.15, 0.2) is 17.1 Å². The van der Waals surface area contributed by atoms with Crippen LogP contribution in [0.2, 0.25) is 0 Å². The molecule has 5 aromatic rings. The maximum Gasteiger partial charge on any atom is 0.225 e. The smallest absolute Gasteiger partial charge is 0.225 e. The summed E-state index contributed by atoms with van der Waals surface area (Å²) in [5.74, 6) is 1.07. The van der Waals surface area contributed by atoms with Gasteiger partial charge in [0.05, 0.1) is 30.1 Å². The summed E-state index contributed by atoms with van der Waals surface area (Å²) in [4.78, 5) is 13.6. The van der Waals surface area contributed by atoms with Gasteiger partial charge >= 0.3 is 0 Å². The summed E-state index contributed by atoms with van der Waals surface area (Å²) < 4.78 is 22.8. The fourth-order valence-corrected chi connectivity index (χ4v) is 4.29. The zero-order valence-electron chi connectivity index (χ0n) is 17.8. The van der Waals surface area contributed by atoms with Crippen molar-refractivity contribution >= 4 is 28.3 Å². The van der Waals surface area contributed by atoms with Crippen LogP contribution in [0, 0.1) is 5.82 Å². The number of hydrogen-bond acceptors (Lipinski definition) is 8. The molecule has 10 nitrogen and oxygen atoms in total. The van der Waals surface area contributed by atoms with Crippen LogP contribution < -0.4 is 10.6 Å². The first-order valence-corrected chi connectivity index (χ1v) is 10.8. The summed E-state index contributed by atoms with van der Waals surface area (Å²) in [6.07, 6.45) is 3.32. The quantitative estimate of drug-likeness (QED) is 0.437. The van der Waals surface area contributed by atoms with Crippen molar-refractivity contribution in [3.8, 4) is 11.6 Å². The molecule has 11 heteroatoms. The molecule has 0 unspecified atom stereocenters. The van der Waals surface area contributed by atoms with E-state index in [-0.39, 0.29) is 11.8 Å². The number of benzene rings is 1. The van der Waals surface area contributed by atoms with E-state index in [0.29, 0.717) is 35.1 Å². The molecule has 0 aliphatic carbocycles. The average Bonchev–Trinajstić information content (AvgIpc) is 3.58. The van der Waals surface area contributed by atoms with Crippen LogP contribution in [0.15, 0.2) is 53.3 Å². The fraction of sp³-hybridized carbons (Fsp3) is 0.273. The molecule has 33 heavy (non-hydrogen) atoms. The van der Waals surface area contributed by atoms with Gasteiger partial charge in [-0.2, -0.15) is 14.6 Å². The minimum atomic E-state index is -0.173. The second kappa shape index (κ2) is 7.85. The molecule has 1 aromatic carbocycles. The van der Waals surface area contributed by atoms with Crippen LogP contribution in [0.5, 0.6) is 0 Å². The van der Waals surface area contributed by atoms with E-state index in [1.54, 1.807) is 30.7 Å². The SMILES string of the molecule is Nc1nc2c(cnn2CCN2CCN(c3ccccc3F)CC2)c2nc(-c3ccco3)nn12. The molecule has 1 aliphatic rings. The second-order valence-electron chi connectivity index (χ2n) is 8.00. The molecule has 0 atom stereocenters. The topological polar surface area (TPSA) is 107 Å². The highest BCUT2D eigenvalue weighted by Crippen LogP contribution is 2.24. The first-order chi connectivity index (χ1) is 16.2. The number of nitrogen functional groups attached to an aromatic ring is 1. The number of nitrogens with zero attached hydrogens (tertiary/aromatic N) is 8. The highest BCUT2D eigenvalue weighted by Gasteiger charge is 2.21. The molecule has 1 aliphatic heterocycles. The van der Waals surface area contributed by atoms with Gasteiger partial charge in [0.2, 0.25) is 11.8 Å². The van der Waals surface area contributed by atoms with Crippen LogP contribution >= 0.6 is 0 Å². The number of para-hydroxylation sites is 1. The molecule has 1 fully saturated rings. The van der Waals surface area contributed by atoms with Gasteiger partial charge in [0.25, 0.3) is 0 Å². The van der Waals surface area contributed by atoms with E-state index in [9.17, 15) is 4.39 Å². The number of halogens is 1. The van der Waals surface area contributed by atoms with E-state index in [1.807, 2.05) is 16.8 Å². The van der Waals surface area contributed by atoms with Crippen LogP contribution in [-0.4, -0.2) is 67.0 Å². The Morgan fingerprint density at radius 2 is 1.82 bits per heavy atom. The lowest BCUT2D eigenvalue weighted by atomic mass is 10.2. The predicted octanol–water partition coefficient (Wildman–Crippen LogP) is 2.28. The zero-order valence-corrected chi connectivity index (χ0v) is 17.8. The third-order valence-corrected chi connectivity index (χ3v) is 6.03. The van der Waals surface area contributed by atoms with Crippen LogP contribution in [0.1, 0.15) is 0 Å². The van der Waals surface area contributed by atoms with Gasteiger partial charge < -0.3 is 15.1 Å². The second-order valence-corrected chi connectivity index (χ2v) is 8.00. The van der Waals surface area contributed by atoms with E-state index in [2.05, 4.69) is 30.0 Å². The predicted molar refractivity (Wildman–Crippen MR) is 121 cm³/mol. The lowest BCUT2D eigenvalue weighted by Gasteiger charge is -2.36. The standard InChI is InChI=1S/C22H22FN9O/c23-16-4-1-2-5-17(16)30-10-7-29(8-11-30)9-12-31-20-15(14-25-31)21-26-19(18-6-3-13-33-18)28-32(21)22(24)27-20/h1-6,13-14H,7-12H2,(H2,24,27). The molecule has 5 heterocycles. The molecule has 0 radical (unpaired) electrons. The molecule has 168 valence electrons. The van der Waals surface area contributed by atoms with E-state index in [4.69, 9.17) is 10.2 Å². The highest BCUT2D eigenvalue weighted by atomic mass is 19.1. The number of aromatic nitrogens is 6. The number of anilines is 2. The number of fused-ring (bicyclic) bond motifs is 3.